The van der Waals surface area contributed by atoms with E-state index in [0.29, 0.717) is 17.3 Å². The summed E-state index contributed by atoms with van der Waals surface area (Å²) in [6, 6.07) is 9.50. The third kappa shape index (κ3) is 6.66. The van der Waals surface area contributed by atoms with E-state index in [0.717, 1.165) is 24.2 Å². The van der Waals surface area contributed by atoms with Crippen LogP contribution in [-0.4, -0.2) is 15.7 Å². The molecule has 2 rings (SSSR count). The quantitative estimate of drug-likeness (QED) is 0.438. The summed E-state index contributed by atoms with van der Waals surface area (Å²) in [7, 11) is 0. The summed E-state index contributed by atoms with van der Waals surface area (Å²) < 4.78 is 1.74. The number of benzene rings is 1. The molecule has 0 spiro atoms. The minimum absolute atomic E-state index is 0.0298. The van der Waals surface area contributed by atoms with E-state index in [1.807, 2.05) is 30.3 Å². The molecule has 1 N–H and O–H groups in total. The van der Waals surface area contributed by atoms with Crippen LogP contribution >= 0.6 is 11.6 Å². The fourth-order valence-corrected chi connectivity index (χ4v) is 3.31. The van der Waals surface area contributed by atoms with Gasteiger partial charge in [-0.05, 0) is 18.6 Å². The summed E-state index contributed by atoms with van der Waals surface area (Å²) in [6.07, 6.45) is 8.91. The van der Waals surface area contributed by atoms with E-state index in [2.05, 4.69) is 33.0 Å². The molecule has 154 valence electrons. The number of halogens is 1. The number of carbonyl (C=O) groups excluding carboxylic acids is 1. The molecule has 0 aliphatic rings. The first-order valence-corrected chi connectivity index (χ1v) is 10.9. The SMILES string of the molecule is CCCCCCCCCC(=O)Nc1cc(C(C)(C)C)nn1-c1ccccc1Cl. The highest BCUT2D eigenvalue weighted by atomic mass is 35.5. The van der Waals surface area contributed by atoms with E-state index in [4.69, 9.17) is 16.7 Å². The van der Waals surface area contributed by atoms with Crippen LogP contribution in [0.25, 0.3) is 5.69 Å². The molecule has 0 radical (unpaired) electrons. The van der Waals surface area contributed by atoms with E-state index in [9.17, 15) is 4.79 Å². The van der Waals surface area contributed by atoms with Crippen molar-refractivity contribution in [1.29, 1.82) is 0 Å². The van der Waals surface area contributed by atoms with Gasteiger partial charge in [0.25, 0.3) is 0 Å². The van der Waals surface area contributed by atoms with Crippen molar-refractivity contribution >= 4 is 23.3 Å². The highest BCUT2D eigenvalue weighted by Gasteiger charge is 2.22. The van der Waals surface area contributed by atoms with Gasteiger partial charge in [-0.1, -0.05) is 90.0 Å². The topological polar surface area (TPSA) is 46.9 Å². The first kappa shape index (κ1) is 22.5. The minimum Gasteiger partial charge on any atom is -0.311 e. The van der Waals surface area contributed by atoms with Gasteiger partial charge in [-0.25, -0.2) is 4.68 Å². The van der Waals surface area contributed by atoms with Gasteiger partial charge in [0.1, 0.15) is 5.82 Å². The van der Waals surface area contributed by atoms with Crippen molar-refractivity contribution in [2.24, 2.45) is 0 Å². The normalized spacial score (nSPS) is 11.6. The number of nitrogens with zero attached hydrogens (tertiary/aromatic N) is 2. The summed E-state index contributed by atoms with van der Waals surface area (Å²) in [5.41, 5.74) is 1.56. The maximum atomic E-state index is 12.5. The van der Waals surface area contributed by atoms with E-state index in [1.165, 1.54) is 32.1 Å². The molecule has 0 saturated heterocycles. The number of para-hydroxylation sites is 1. The monoisotopic (exact) mass is 403 g/mol. The second-order valence-electron chi connectivity index (χ2n) is 8.45. The van der Waals surface area contributed by atoms with Gasteiger partial charge in [-0.15, -0.1) is 0 Å². The first-order valence-electron chi connectivity index (χ1n) is 10.5. The van der Waals surface area contributed by atoms with Crippen LogP contribution in [0.1, 0.15) is 84.8 Å². The van der Waals surface area contributed by atoms with E-state index in [-0.39, 0.29) is 11.3 Å². The van der Waals surface area contributed by atoms with Crippen molar-refractivity contribution in [2.45, 2.75) is 84.5 Å². The Morgan fingerprint density at radius 2 is 1.71 bits per heavy atom. The number of amides is 1. The average molecular weight is 404 g/mol. The van der Waals surface area contributed by atoms with Gasteiger partial charge in [-0.3, -0.25) is 4.79 Å². The minimum atomic E-state index is -0.121. The molecule has 0 fully saturated rings. The van der Waals surface area contributed by atoms with Crippen LogP contribution in [0.3, 0.4) is 0 Å². The number of anilines is 1. The number of hydrogen-bond donors (Lipinski definition) is 1. The second kappa shape index (κ2) is 10.7. The molecule has 2 aromatic rings. The number of aromatic nitrogens is 2. The lowest BCUT2D eigenvalue weighted by Gasteiger charge is -2.14. The lowest BCUT2D eigenvalue weighted by molar-refractivity contribution is -0.116. The Balaban J connectivity index is 2.03. The number of carbonyl (C=O) groups is 1. The maximum Gasteiger partial charge on any atom is 0.225 e. The highest BCUT2D eigenvalue weighted by molar-refractivity contribution is 6.32. The zero-order valence-electron chi connectivity index (χ0n) is 17.7. The fourth-order valence-electron chi connectivity index (χ4n) is 3.09. The standard InChI is InChI=1S/C23H34ClN3O/c1-5-6-7-8-9-10-11-16-22(28)25-21-17-20(23(2,3)4)26-27(21)19-15-13-12-14-18(19)24/h12-15,17H,5-11,16H2,1-4H3,(H,25,28). The second-order valence-corrected chi connectivity index (χ2v) is 8.85. The summed E-state index contributed by atoms with van der Waals surface area (Å²) >= 11 is 6.37. The molecule has 0 aliphatic carbocycles. The van der Waals surface area contributed by atoms with Gasteiger partial charge in [-0.2, -0.15) is 5.10 Å². The van der Waals surface area contributed by atoms with Gasteiger partial charge in [0.05, 0.1) is 16.4 Å². The lowest BCUT2D eigenvalue weighted by Crippen LogP contribution is -2.15. The average Bonchev–Trinajstić information content (AvgIpc) is 3.05. The summed E-state index contributed by atoms with van der Waals surface area (Å²) in [5, 5.41) is 8.37. The molecule has 1 amide bonds. The number of unbranched alkanes of at least 4 members (excludes halogenated alkanes) is 6. The van der Waals surface area contributed by atoms with Gasteiger partial charge < -0.3 is 5.32 Å². The van der Waals surface area contributed by atoms with E-state index < -0.39 is 0 Å². The molecule has 0 bridgehead atoms. The Labute approximate surface area is 174 Å². The van der Waals surface area contributed by atoms with Crippen molar-refractivity contribution in [3.63, 3.8) is 0 Å². The molecule has 28 heavy (non-hydrogen) atoms. The largest absolute Gasteiger partial charge is 0.311 e. The molecule has 0 aliphatic heterocycles. The molecular formula is C23H34ClN3O. The third-order valence-corrected chi connectivity index (χ3v) is 5.15. The van der Waals surface area contributed by atoms with E-state index in [1.54, 1.807) is 4.68 Å². The Kier molecular flexibility index (Phi) is 8.56. The van der Waals surface area contributed by atoms with Crippen LogP contribution in [0.5, 0.6) is 0 Å². The first-order chi connectivity index (χ1) is 13.3. The molecule has 1 aromatic heterocycles. The summed E-state index contributed by atoms with van der Waals surface area (Å²) in [6.45, 7) is 8.55. The molecule has 0 unspecified atom stereocenters. The fraction of sp³-hybridized carbons (Fsp3) is 0.565. The van der Waals surface area contributed by atoms with Crippen LogP contribution < -0.4 is 5.32 Å². The van der Waals surface area contributed by atoms with Crippen molar-refractivity contribution in [3.8, 4) is 5.69 Å². The zero-order valence-corrected chi connectivity index (χ0v) is 18.5. The zero-order chi connectivity index (χ0) is 20.6. The van der Waals surface area contributed by atoms with Crippen LogP contribution in [-0.2, 0) is 10.2 Å². The Morgan fingerprint density at radius 3 is 2.36 bits per heavy atom. The van der Waals surface area contributed by atoms with Crippen LogP contribution in [0.2, 0.25) is 5.02 Å². The molecule has 0 saturated carbocycles. The van der Waals surface area contributed by atoms with Crippen molar-refractivity contribution < 1.29 is 4.79 Å². The maximum absolute atomic E-state index is 12.5. The van der Waals surface area contributed by atoms with Gasteiger partial charge in [0.15, 0.2) is 0 Å². The number of hydrogen-bond acceptors (Lipinski definition) is 2. The van der Waals surface area contributed by atoms with Crippen molar-refractivity contribution in [2.75, 3.05) is 5.32 Å². The van der Waals surface area contributed by atoms with Gasteiger partial charge in [0, 0.05) is 17.9 Å². The van der Waals surface area contributed by atoms with Gasteiger partial charge in [0.2, 0.25) is 5.91 Å². The number of nitrogens with one attached hydrogen (secondary N) is 1. The molecule has 1 aromatic carbocycles. The highest BCUT2D eigenvalue weighted by Crippen LogP contribution is 2.29. The van der Waals surface area contributed by atoms with Crippen molar-refractivity contribution in [3.05, 3.63) is 41.0 Å². The molecule has 4 nitrogen and oxygen atoms in total. The van der Waals surface area contributed by atoms with E-state index >= 15 is 0 Å². The smallest absolute Gasteiger partial charge is 0.225 e. The predicted molar refractivity (Wildman–Crippen MR) is 119 cm³/mol. The third-order valence-electron chi connectivity index (χ3n) is 4.83. The number of rotatable bonds is 10. The Hall–Kier alpha value is -1.81. The molecule has 5 heteroatoms. The predicted octanol–water partition coefficient (Wildman–Crippen LogP) is 6.90. The van der Waals surface area contributed by atoms with Gasteiger partial charge >= 0.3 is 0 Å². The van der Waals surface area contributed by atoms with Crippen LogP contribution in [0.15, 0.2) is 30.3 Å². The molecule has 1 heterocycles. The lowest BCUT2D eigenvalue weighted by atomic mass is 9.92. The Bertz CT molecular complexity index is 761. The molecular weight excluding hydrogens is 370 g/mol. The molecule has 0 atom stereocenters. The van der Waals surface area contributed by atoms with Crippen molar-refractivity contribution in [1.82, 2.24) is 9.78 Å². The van der Waals surface area contributed by atoms with Crippen LogP contribution in [0.4, 0.5) is 5.82 Å². The van der Waals surface area contributed by atoms with Crippen LogP contribution in [0, 0.1) is 0 Å². The summed E-state index contributed by atoms with van der Waals surface area (Å²) in [5.74, 6) is 0.702. The summed E-state index contributed by atoms with van der Waals surface area (Å²) in [4.78, 5) is 12.5. The Morgan fingerprint density at radius 1 is 1.07 bits per heavy atom.